The van der Waals surface area contributed by atoms with Gasteiger partial charge < -0.3 is 4.90 Å². The maximum atomic E-state index is 12.1. The molecule has 0 spiro atoms. The summed E-state index contributed by atoms with van der Waals surface area (Å²) in [6.45, 7) is 4.18. The molecule has 0 saturated carbocycles. The molecule has 1 amide bonds. The number of anilines is 1. The molecule has 1 aromatic carbocycles. The van der Waals surface area contributed by atoms with Crippen LogP contribution in [0.2, 0.25) is 0 Å². The monoisotopic (exact) mass is 379 g/mol. The van der Waals surface area contributed by atoms with E-state index >= 15 is 0 Å². The quantitative estimate of drug-likeness (QED) is 0.756. The van der Waals surface area contributed by atoms with Crippen LogP contribution in [0.15, 0.2) is 22.7 Å². The van der Waals surface area contributed by atoms with Crippen LogP contribution >= 0.6 is 26.6 Å². The van der Waals surface area contributed by atoms with Crippen molar-refractivity contribution in [2.75, 3.05) is 11.4 Å². The Hall–Kier alpha value is -0.590. The SMILES string of the molecule is CC(C)c1cc(Br)ccc1N1CC(S(=O)(=O)Cl)CC1=O. The van der Waals surface area contributed by atoms with Gasteiger partial charge in [-0.05, 0) is 29.7 Å². The zero-order valence-corrected chi connectivity index (χ0v) is 14.3. The van der Waals surface area contributed by atoms with E-state index in [9.17, 15) is 13.2 Å². The van der Waals surface area contributed by atoms with Gasteiger partial charge in [0.15, 0.2) is 0 Å². The lowest BCUT2D eigenvalue weighted by Gasteiger charge is -2.22. The number of benzene rings is 1. The van der Waals surface area contributed by atoms with Gasteiger partial charge >= 0.3 is 0 Å². The molecular formula is C13H15BrClNO3S. The molecular weight excluding hydrogens is 366 g/mol. The van der Waals surface area contributed by atoms with Crippen molar-refractivity contribution in [2.45, 2.75) is 31.4 Å². The highest BCUT2D eigenvalue weighted by Gasteiger charge is 2.38. The Kier molecular flexibility index (Phi) is 4.47. The summed E-state index contributed by atoms with van der Waals surface area (Å²) >= 11 is 3.41. The molecule has 1 aliphatic rings. The van der Waals surface area contributed by atoms with E-state index in [0.717, 1.165) is 15.7 Å². The first kappa shape index (κ1) is 15.8. The Bertz CT molecular complexity index is 645. The van der Waals surface area contributed by atoms with Gasteiger partial charge in [-0.3, -0.25) is 4.79 Å². The van der Waals surface area contributed by atoms with Crippen molar-refractivity contribution in [3.8, 4) is 0 Å². The zero-order valence-electron chi connectivity index (χ0n) is 11.1. The molecule has 0 aromatic heterocycles. The second kappa shape index (κ2) is 5.66. The topological polar surface area (TPSA) is 54.5 Å². The van der Waals surface area contributed by atoms with E-state index < -0.39 is 14.3 Å². The lowest BCUT2D eigenvalue weighted by molar-refractivity contribution is -0.117. The van der Waals surface area contributed by atoms with Gasteiger partial charge in [-0.25, -0.2) is 8.42 Å². The van der Waals surface area contributed by atoms with Gasteiger partial charge in [-0.2, -0.15) is 0 Å². The first-order chi connectivity index (χ1) is 9.20. The van der Waals surface area contributed by atoms with Gasteiger partial charge in [0, 0.05) is 33.8 Å². The van der Waals surface area contributed by atoms with Crippen molar-refractivity contribution in [3.63, 3.8) is 0 Å². The van der Waals surface area contributed by atoms with Crippen LogP contribution < -0.4 is 4.90 Å². The number of hydrogen-bond donors (Lipinski definition) is 0. The number of amides is 1. The average molecular weight is 381 g/mol. The van der Waals surface area contributed by atoms with Gasteiger partial charge in [0.05, 0.1) is 0 Å². The Morgan fingerprint density at radius 2 is 2.05 bits per heavy atom. The number of halogens is 2. The number of rotatable bonds is 3. The Morgan fingerprint density at radius 3 is 2.55 bits per heavy atom. The Labute approximate surface area is 131 Å². The summed E-state index contributed by atoms with van der Waals surface area (Å²) in [5.74, 6) is 0.0189. The van der Waals surface area contributed by atoms with Crippen LogP contribution in [0.1, 0.15) is 31.7 Å². The average Bonchev–Trinajstić information content (AvgIpc) is 2.71. The van der Waals surface area contributed by atoms with E-state index in [4.69, 9.17) is 10.7 Å². The van der Waals surface area contributed by atoms with E-state index in [-0.39, 0.29) is 24.8 Å². The summed E-state index contributed by atoms with van der Waals surface area (Å²) in [4.78, 5) is 13.6. The van der Waals surface area contributed by atoms with Crippen molar-refractivity contribution in [1.82, 2.24) is 0 Å². The minimum absolute atomic E-state index is 0.0561. The van der Waals surface area contributed by atoms with E-state index in [0.29, 0.717) is 0 Å². The maximum absolute atomic E-state index is 12.1. The van der Waals surface area contributed by atoms with Gasteiger partial charge in [0.25, 0.3) is 0 Å². The molecule has 1 aliphatic heterocycles. The lowest BCUT2D eigenvalue weighted by atomic mass is 10.0. The minimum atomic E-state index is -3.72. The number of carbonyl (C=O) groups is 1. The first-order valence-corrected chi connectivity index (χ1v) is 9.40. The largest absolute Gasteiger partial charge is 0.311 e. The van der Waals surface area contributed by atoms with Crippen molar-refractivity contribution in [2.24, 2.45) is 0 Å². The van der Waals surface area contributed by atoms with Gasteiger partial charge in [-0.1, -0.05) is 29.8 Å². The van der Waals surface area contributed by atoms with Crippen LogP contribution in [-0.2, 0) is 13.8 Å². The van der Waals surface area contributed by atoms with Crippen molar-refractivity contribution >= 4 is 47.3 Å². The molecule has 0 N–H and O–H groups in total. The number of hydrogen-bond acceptors (Lipinski definition) is 3. The van der Waals surface area contributed by atoms with Crippen molar-refractivity contribution < 1.29 is 13.2 Å². The Balaban J connectivity index is 2.40. The molecule has 1 unspecified atom stereocenters. The zero-order chi connectivity index (χ0) is 15.1. The van der Waals surface area contributed by atoms with Crippen LogP contribution in [0.4, 0.5) is 5.69 Å². The smallest absolute Gasteiger partial charge is 0.237 e. The lowest BCUT2D eigenvalue weighted by Crippen LogP contribution is -2.27. The van der Waals surface area contributed by atoms with Gasteiger partial charge in [0.1, 0.15) is 5.25 Å². The fourth-order valence-electron chi connectivity index (χ4n) is 2.33. The molecule has 1 saturated heterocycles. The summed E-state index contributed by atoms with van der Waals surface area (Å²) in [7, 11) is 1.65. The molecule has 0 bridgehead atoms. The summed E-state index contributed by atoms with van der Waals surface area (Å²) in [5.41, 5.74) is 1.76. The minimum Gasteiger partial charge on any atom is -0.311 e. The highest BCUT2D eigenvalue weighted by molar-refractivity contribution is 9.10. The van der Waals surface area contributed by atoms with Crippen LogP contribution in [0.25, 0.3) is 0 Å². The van der Waals surface area contributed by atoms with E-state index in [1.165, 1.54) is 4.90 Å². The van der Waals surface area contributed by atoms with Crippen LogP contribution in [0.3, 0.4) is 0 Å². The van der Waals surface area contributed by atoms with Crippen LogP contribution in [-0.4, -0.2) is 26.1 Å². The van der Waals surface area contributed by atoms with Gasteiger partial charge in [0.2, 0.25) is 15.0 Å². The molecule has 20 heavy (non-hydrogen) atoms. The second-order valence-corrected chi connectivity index (χ2v) is 8.99. The fraction of sp³-hybridized carbons (Fsp3) is 0.462. The van der Waals surface area contributed by atoms with E-state index in [2.05, 4.69) is 15.9 Å². The fourth-order valence-corrected chi connectivity index (χ4v) is 3.74. The highest BCUT2D eigenvalue weighted by Crippen LogP contribution is 2.34. The van der Waals surface area contributed by atoms with Gasteiger partial charge in [-0.15, -0.1) is 0 Å². The molecule has 110 valence electrons. The molecule has 7 heteroatoms. The predicted octanol–water partition coefficient (Wildman–Crippen LogP) is 3.25. The third-order valence-electron chi connectivity index (χ3n) is 3.39. The molecule has 1 atom stereocenters. The summed E-state index contributed by atoms with van der Waals surface area (Å²) < 4.78 is 23.7. The van der Waals surface area contributed by atoms with E-state index in [1.54, 1.807) is 0 Å². The molecule has 1 fully saturated rings. The summed E-state index contributed by atoms with van der Waals surface area (Å²) in [6, 6.07) is 5.63. The second-order valence-electron chi connectivity index (χ2n) is 5.16. The standard InChI is InChI=1S/C13H15BrClNO3S/c1-8(2)11-5-9(14)3-4-12(11)16-7-10(6-13(16)17)20(15,18)19/h3-5,8,10H,6-7H2,1-2H3. The maximum Gasteiger partial charge on any atom is 0.237 e. The molecule has 1 heterocycles. The first-order valence-electron chi connectivity index (χ1n) is 6.23. The number of nitrogens with zero attached hydrogens (tertiary/aromatic N) is 1. The van der Waals surface area contributed by atoms with Crippen molar-refractivity contribution in [1.29, 1.82) is 0 Å². The summed E-state index contributed by atoms with van der Waals surface area (Å²) in [5, 5.41) is -0.833. The third-order valence-corrected chi connectivity index (χ3v) is 5.75. The summed E-state index contributed by atoms with van der Waals surface area (Å²) in [6.07, 6.45) is -0.0561. The highest BCUT2D eigenvalue weighted by atomic mass is 79.9. The Morgan fingerprint density at radius 1 is 1.40 bits per heavy atom. The molecule has 1 aromatic rings. The van der Waals surface area contributed by atoms with Crippen LogP contribution in [0, 0.1) is 0 Å². The molecule has 2 rings (SSSR count). The van der Waals surface area contributed by atoms with E-state index in [1.807, 2.05) is 32.0 Å². The number of carbonyl (C=O) groups excluding carboxylic acids is 1. The molecule has 0 aliphatic carbocycles. The van der Waals surface area contributed by atoms with Crippen LogP contribution in [0.5, 0.6) is 0 Å². The molecule has 0 radical (unpaired) electrons. The van der Waals surface area contributed by atoms with Crippen molar-refractivity contribution in [3.05, 3.63) is 28.2 Å². The third kappa shape index (κ3) is 3.18. The predicted molar refractivity (Wildman–Crippen MR) is 83.8 cm³/mol. The molecule has 4 nitrogen and oxygen atoms in total. The normalized spacial score (nSPS) is 19.9.